The van der Waals surface area contributed by atoms with Crippen molar-refractivity contribution in [1.82, 2.24) is 4.98 Å². The van der Waals surface area contributed by atoms with Gasteiger partial charge in [0.15, 0.2) is 5.17 Å². The molecule has 1 aromatic heterocycles. The number of thioether (sulfide) groups is 1. The number of allylic oxidation sites excluding steroid dienone is 1. The van der Waals surface area contributed by atoms with E-state index in [-0.39, 0.29) is 16.4 Å². The summed E-state index contributed by atoms with van der Waals surface area (Å²) in [6, 6.07) is 7.13. The Morgan fingerprint density at radius 3 is 2.59 bits per heavy atom. The van der Waals surface area contributed by atoms with Crippen molar-refractivity contribution >= 4 is 34.2 Å². The van der Waals surface area contributed by atoms with E-state index in [0.717, 1.165) is 11.8 Å². The van der Waals surface area contributed by atoms with Gasteiger partial charge in [0.1, 0.15) is 22.7 Å². The lowest BCUT2D eigenvalue weighted by molar-refractivity contribution is 0.102. The van der Waals surface area contributed by atoms with Crippen molar-refractivity contribution in [2.24, 2.45) is 10.7 Å². The zero-order chi connectivity index (χ0) is 21.4. The van der Waals surface area contributed by atoms with E-state index in [9.17, 15) is 13.6 Å². The standard InChI is InChI=1S/C20H21F2N5OS/c1-19(2,22)16-9-20(3,27-18(24)29-16)13-8-12(5-6-14(13)21)26-17(28)15-7-4-11(23)10-25-15/h4-10H,23H2,1-3H3,(H2,24,27)(H,26,28)/t20-/m0/s1. The first-order chi connectivity index (χ1) is 13.5. The van der Waals surface area contributed by atoms with Crippen LogP contribution in [0.1, 0.15) is 36.8 Å². The molecule has 9 heteroatoms. The summed E-state index contributed by atoms with van der Waals surface area (Å²) in [5.41, 5.74) is 9.67. The first-order valence-electron chi connectivity index (χ1n) is 8.76. The lowest BCUT2D eigenvalue weighted by Gasteiger charge is -2.31. The summed E-state index contributed by atoms with van der Waals surface area (Å²) in [5, 5.41) is 2.80. The average molecular weight is 417 g/mol. The van der Waals surface area contributed by atoms with E-state index in [4.69, 9.17) is 11.5 Å². The fraction of sp³-hybridized carbons (Fsp3) is 0.250. The number of hydrogen-bond donors (Lipinski definition) is 3. The number of amidine groups is 1. The quantitative estimate of drug-likeness (QED) is 0.698. The van der Waals surface area contributed by atoms with Crippen molar-refractivity contribution in [3.8, 4) is 0 Å². The van der Waals surface area contributed by atoms with E-state index < -0.39 is 22.9 Å². The van der Waals surface area contributed by atoms with Crippen molar-refractivity contribution in [3.63, 3.8) is 0 Å². The van der Waals surface area contributed by atoms with Gasteiger partial charge in [-0.3, -0.25) is 4.79 Å². The molecular weight excluding hydrogens is 396 g/mol. The van der Waals surface area contributed by atoms with E-state index in [1.54, 1.807) is 19.1 Å². The highest BCUT2D eigenvalue weighted by Crippen LogP contribution is 2.42. The second-order valence-corrected chi connectivity index (χ2v) is 8.37. The number of benzene rings is 1. The number of nitrogens with one attached hydrogen (secondary N) is 1. The zero-order valence-corrected chi connectivity index (χ0v) is 17.0. The van der Waals surface area contributed by atoms with Crippen LogP contribution in [0.3, 0.4) is 0 Å². The molecule has 0 spiro atoms. The van der Waals surface area contributed by atoms with Crippen molar-refractivity contribution in [2.45, 2.75) is 32.0 Å². The van der Waals surface area contributed by atoms with Crippen molar-refractivity contribution in [3.05, 3.63) is 64.6 Å². The highest BCUT2D eigenvalue weighted by molar-refractivity contribution is 8.17. The normalized spacial score (nSPS) is 19.3. The maximum absolute atomic E-state index is 14.7. The first kappa shape index (κ1) is 20.8. The van der Waals surface area contributed by atoms with Crippen LogP contribution in [-0.2, 0) is 5.54 Å². The number of carbonyl (C=O) groups is 1. The molecule has 0 fully saturated rings. The topological polar surface area (TPSA) is 106 Å². The number of anilines is 2. The van der Waals surface area contributed by atoms with Crippen molar-refractivity contribution in [2.75, 3.05) is 11.1 Å². The molecular formula is C20H21F2N5OS. The number of halogens is 2. The Kier molecular flexibility index (Phi) is 5.36. The minimum absolute atomic E-state index is 0.135. The Morgan fingerprint density at radius 1 is 1.24 bits per heavy atom. The summed E-state index contributed by atoms with van der Waals surface area (Å²) in [6.45, 7) is 4.44. The molecule has 0 saturated carbocycles. The number of nitrogens with two attached hydrogens (primary N) is 2. The smallest absolute Gasteiger partial charge is 0.274 e. The molecule has 1 atom stereocenters. The van der Waals surface area contributed by atoms with Crippen LogP contribution in [0.2, 0.25) is 0 Å². The summed E-state index contributed by atoms with van der Waals surface area (Å²) in [4.78, 5) is 21.0. The maximum Gasteiger partial charge on any atom is 0.274 e. The van der Waals surface area contributed by atoms with Crippen LogP contribution in [0, 0.1) is 5.82 Å². The van der Waals surface area contributed by atoms with E-state index in [1.165, 1.54) is 44.3 Å². The van der Waals surface area contributed by atoms with Crippen LogP contribution in [0.15, 0.2) is 52.5 Å². The second-order valence-electron chi connectivity index (χ2n) is 7.31. The van der Waals surface area contributed by atoms with Crippen LogP contribution in [0.4, 0.5) is 20.2 Å². The zero-order valence-electron chi connectivity index (χ0n) is 16.2. The van der Waals surface area contributed by atoms with Gasteiger partial charge in [-0.25, -0.2) is 18.8 Å². The van der Waals surface area contributed by atoms with Crippen LogP contribution in [0.25, 0.3) is 0 Å². The van der Waals surface area contributed by atoms with Gasteiger partial charge in [-0.15, -0.1) is 0 Å². The average Bonchev–Trinajstić information content (AvgIpc) is 2.62. The number of amides is 1. The predicted molar refractivity (Wildman–Crippen MR) is 113 cm³/mol. The Hall–Kier alpha value is -2.94. The molecule has 6 nitrogen and oxygen atoms in total. The molecule has 2 heterocycles. The summed E-state index contributed by atoms with van der Waals surface area (Å²) in [5.74, 6) is -1.03. The third-order valence-electron chi connectivity index (χ3n) is 4.34. The molecule has 0 radical (unpaired) electrons. The summed E-state index contributed by atoms with van der Waals surface area (Å²) in [7, 11) is 0. The van der Waals surface area contributed by atoms with Crippen molar-refractivity contribution < 1.29 is 13.6 Å². The molecule has 152 valence electrons. The van der Waals surface area contributed by atoms with E-state index in [0.29, 0.717) is 16.3 Å². The number of aromatic nitrogens is 1. The highest BCUT2D eigenvalue weighted by Gasteiger charge is 2.36. The van der Waals surface area contributed by atoms with E-state index in [2.05, 4.69) is 15.3 Å². The molecule has 0 aliphatic carbocycles. The molecule has 0 saturated heterocycles. The molecule has 5 N–H and O–H groups in total. The third kappa shape index (κ3) is 4.56. The van der Waals surface area contributed by atoms with Gasteiger partial charge in [-0.1, -0.05) is 11.8 Å². The minimum Gasteiger partial charge on any atom is -0.397 e. The van der Waals surface area contributed by atoms with Crippen LogP contribution in [-0.4, -0.2) is 21.7 Å². The number of nitrogens with zero attached hydrogens (tertiary/aromatic N) is 2. The fourth-order valence-corrected chi connectivity index (χ4v) is 3.83. The summed E-state index contributed by atoms with van der Waals surface area (Å²) < 4.78 is 29.2. The molecule has 1 aliphatic rings. The molecule has 2 aromatic rings. The molecule has 0 bridgehead atoms. The number of pyridine rings is 1. The summed E-state index contributed by atoms with van der Waals surface area (Å²) in [6.07, 6.45) is 2.92. The number of alkyl halides is 1. The number of hydrogen-bond acceptors (Lipinski definition) is 6. The SMILES string of the molecule is CC(C)(F)C1=C[C@@](C)(c2cc(NC(=O)c3ccc(N)cn3)ccc2F)N=C(N)S1. The van der Waals surface area contributed by atoms with Crippen LogP contribution in [0.5, 0.6) is 0 Å². The van der Waals surface area contributed by atoms with Gasteiger partial charge in [0.2, 0.25) is 0 Å². The maximum atomic E-state index is 14.7. The van der Waals surface area contributed by atoms with Crippen molar-refractivity contribution in [1.29, 1.82) is 0 Å². The highest BCUT2D eigenvalue weighted by atomic mass is 32.2. The van der Waals surface area contributed by atoms with Gasteiger partial charge in [-0.2, -0.15) is 0 Å². The fourth-order valence-electron chi connectivity index (χ4n) is 2.84. The number of nitrogen functional groups attached to an aromatic ring is 1. The number of rotatable bonds is 4. The number of aliphatic imine (C=N–C) groups is 1. The van der Waals surface area contributed by atoms with E-state index in [1.807, 2.05) is 0 Å². The monoisotopic (exact) mass is 417 g/mol. The van der Waals surface area contributed by atoms with Gasteiger partial charge < -0.3 is 16.8 Å². The predicted octanol–water partition coefficient (Wildman–Crippen LogP) is 3.96. The molecule has 1 aliphatic heterocycles. The third-order valence-corrected chi connectivity index (χ3v) is 5.47. The second kappa shape index (κ2) is 7.47. The Morgan fingerprint density at radius 2 is 1.97 bits per heavy atom. The summed E-state index contributed by atoms with van der Waals surface area (Å²) >= 11 is 1.01. The largest absolute Gasteiger partial charge is 0.397 e. The lowest BCUT2D eigenvalue weighted by atomic mass is 9.89. The van der Waals surface area contributed by atoms with E-state index >= 15 is 0 Å². The van der Waals surface area contributed by atoms with Gasteiger partial charge >= 0.3 is 0 Å². The molecule has 29 heavy (non-hydrogen) atoms. The Labute approximate surface area is 171 Å². The van der Waals surface area contributed by atoms with Gasteiger partial charge in [0.25, 0.3) is 5.91 Å². The lowest BCUT2D eigenvalue weighted by Crippen LogP contribution is -2.30. The van der Waals surface area contributed by atoms with Gasteiger partial charge in [-0.05, 0) is 57.2 Å². The number of carbonyl (C=O) groups excluding carboxylic acids is 1. The minimum atomic E-state index is -1.66. The molecule has 1 amide bonds. The molecule has 3 rings (SSSR count). The van der Waals surface area contributed by atoms with Gasteiger partial charge in [0, 0.05) is 16.2 Å². The first-order valence-corrected chi connectivity index (χ1v) is 9.58. The van der Waals surface area contributed by atoms with Gasteiger partial charge in [0.05, 0.1) is 11.9 Å². The molecule has 1 aromatic carbocycles. The van der Waals surface area contributed by atoms with Crippen LogP contribution < -0.4 is 16.8 Å². The Bertz CT molecular complexity index is 1010. The van der Waals surface area contributed by atoms with Crippen LogP contribution >= 0.6 is 11.8 Å². The molecule has 0 unspecified atom stereocenters. The Balaban J connectivity index is 1.96.